The zero-order valence-corrected chi connectivity index (χ0v) is 11.4. The van der Waals surface area contributed by atoms with Gasteiger partial charge in [0.25, 0.3) is 0 Å². The zero-order valence-electron chi connectivity index (χ0n) is 11.4. The summed E-state index contributed by atoms with van der Waals surface area (Å²) >= 11 is 0. The van der Waals surface area contributed by atoms with E-state index in [1.807, 2.05) is 27.7 Å². The van der Waals surface area contributed by atoms with Gasteiger partial charge in [-0.25, -0.2) is 0 Å². The Morgan fingerprint density at radius 2 is 2.18 bits per heavy atom. The minimum Gasteiger partial charge on any atom is -0.463 e. The summed E-state index contributed by atoms with van der Waals surface area (Å²) in [5, 5.41) is 10.0. The number of aliphatic hydroxyl groups is 1. The predicted molar refractivity (Wildman–Crippen MR) is 66.7 cm³/mol. The normalized spacial score (nSPS) is 22.1. The van der Waals surface area contributed by atoms with Gasteiger partial charge in [-0.3, -0.25) is 9.69 Å². The van der Waals surface area contributed by atoms with Crippen molar-refractivity contribution in [2.75, 3.05) is 13.1 Å². The van der Waals surface area contributed by atoms with Crippen molar-refractivity contribution in [3.05, 3.63) is 0 Å². The van der Waals surface area contributed by atoms with Crippen molar-refractivity contribution in [3.63, 3.8) is 0 Å². The van der Waals surface area contributed by atoms with Crippen molar-refractivity contribution in [1.82, 2.24) is 4.90 Å². The molecule has 0 saturated carbocycles. The maximum Gasteiger partial charge on any atom is 0.307 e. The van der Waals surface area contributed by atoms with Crippen LogP contribution in [0.1, 0.15) is 47.0 Å². The Morgan fingerprint density at radius 1 is 1.53 bits per heavy atom. The molecule has 4 nitrogen and oxygen atoms in total. The number of hydrogen-bond acceptors (Lipinski definition) is 4. The van der Waals surface area contributed by atoms with Crippen LogP contribution in [0.15, 0.2) is 0 Å². The highest BCUT2D eigenvalue weighted by Crippen LogP contribution is 2.26. The molecule has 0 aromatic rings. The topological polar surface area (TPSA) is 49.8 Å². The summed E-state index contributed by atoms with van der Waals surface area (Å²) in [4.78, 5) is 13.7. The molecular formula is C13H25NO3. The molecule has 1 aliphatic rings. The first kappa shape index (κ1) is 14.5. The maximum absolute atomic E-state index is 11.5. The van der Waals surface area contributed by atoms with Gasteiger partial charge in [-0.15, -0.1) is 0 Å². The summed E-state index contributed by atoms with van der Waals surface area (Å²) in [6.07, 6.45) is 2.45. The van der Waals surface area contributed by atoms with E-state index in [1.54, 1.807) is 0 Å². The van der Waals surface area contributed by atoms with Crippen LogP contribution in [0, 0.1) is 0 Å². The van der Waals surface area contributed by atoms with Gasteiger partial charge in [0.1, 0.15) is 0 Å². The van der Waals surface area contributed by atoms with Crippen LogP contribution in [0.5, 0.6) is 0 Å². The van der Waals surface area contributed by atoms with Crippen LogP contribution in [0.2, 0.25) is 0 Å². The minimum absolute atomic E-state index is 0.0499. The summed E-state index contributed by atoms with van der Waals surface area (Å²) in [5.41, 5.74) is -0.696. The first-order chi connectivity index (χ1) is 7.80. The predicted octanol–water partition coefficient (Wildman–Crippen LogP) is 1.56. The van der Waals surface area contributed by atoms with E-state index in [0.29, 0.717) is 13.0 Å². The van der Waals surface area contributed by atoms with Crippen LogP contribution in [-0.2, 0) is 9.53 Å². The van der Waals surface area contributed by atoms with E-state index in [0.717, 1.165) is 19.4 Å². The standard InChI is InChI=1S/C13H25NO3/c1-10(2)17-12(15)7-9-14-8-5-6-11(14)13(3,4)16/h10-11,16H,5-9H2,1-4H3. The molecule has 1 N–H and O–H groups in total. The van der Waals surface area contributed by atoms with Crippen LogP contribution >= 0.6 is 0 Å². The fraction of sp³-hybridized carbons (Fsp3) is 0.923. The van der Waals surface area contributed by atoms with Gasteiger partial charge in [0.15, 0.2) is 0 Å². The Labute approximate surface area is 104 Å². The summed E-state index contributed by atoms with van der Waals surface area (Å²) in [7, 11) is 0. The van der Waals surface area contributed by atoms with Crippen molar-refractivity contribution >= 4 is 5.97 Å². The summed E-state index contributed by atoms with van der Waals surface area (Å²) in [6.45, 7) is 9.02. The van der Waals surface area contributed by atoms with E-state index >= 15 is 0 Å². The molecule has 0 aliphatic carbocycles. The van der Waals surface area contributed by atoms with Gasteiger partial charge in [-0.05, 0) is 47.1 Å². The molecule has 1 unspecified atom stereocenters. The number of carbonyl (C=O) groups excluding carboxylic acids is 1. The van der Waals surface area contributed by atoms with Crippen molar-refractivity contribution in [3.8, 4) is 0 Å². The third-order valence-electron chi connectivity index (χ3n) is 3.15. The lowest BCUT2D eigenvalue weighted by Gasteiger charge is -2.33. The summed E-state index contributed by atoms with van der Waals surface area (Å²) < 4.78 is 5.10. The van der Waals surface area contributed by atoms with Crippen LogP contribution in [0.3, 0.4) is 0 Å². The molecule has 17 heavy (non-hydrogen) atoms. The molecule has 1 heterocycles. The zero-order chi connectivity index (χ0) is 13.1. The molecule has 0 amide bonds. The fourth-order valence-corrected chi connectivity index (χ4v) is 2.45. The Bertz CT molecular complexity index is 258. The number of esters is 1. The molecule has 4 heteroatoms. The van der Waals surface area contributed by atoms with Gasteiger partial charge in [-0.1, -0.05) is 0 Å². The maximum atomic E-state index is 11.5. The highest BCUT2D eigenvalue weighted by atomic mass is 16.5. The van der Waals surface area contributed by atoms with E-state index < -0.39 is 5.60 Å². The van der Waals surface area contributed by atoms with Gasteiger partial charge in [0.2, 0.25) is 0 Å². The molecular weight excluding hydrogens is 218 g/mol. The van der Waals surface area contributed by atoms with E-state index in [-0.39, 0.29) is 18.1 Å². The average molecular weight is 243 g/mol. The van der Waals surface area contributed by atoms with Crippen molar-refractivity contribution < 1.29 is 14.6 Å². The summed E-state index contributed by atoms with van der Waals surface area (Å²) in [5.74, 6) is -0.151. The average Bonchev–Trinajstić information content (AvgIpc) is 2.60. The number of nitrogens with zero attached hydrogens (tertiary/aromatic N) is 1. The number of rotatable bonds is 5. The van der Waals surface area contributed by atoms with Crippen molar-refractivity contribution in [2.24, 2.45) is 0 Å². The van der Waals surface area contributed by atoms with Crippen LogP contribution in [0.4, 0.5) is 0 Å². The lowest BCUT2D eigenvalue weighted by Crippen LogP contribution is -2.46. The third kappa shape index (κ3) is 4.64. The Kier molecular flexibility index (Phi) is 4.95. The highest BCUT2D eigenvalue weighted by Gasteiger charge is 2.35. The number of likely N-dealkylation sites (tertiary alicyclic amines) is 1. The van der Waals surface area contributed by atoms with Crippen LogP contribution in [-0.4, -0.2) is 46.8 Å². The van der Waals surface area contributed by atoms with E-state index in [1.165, 1.54) is 0 Å². The lowest BCUT2D eigenvalue weighted by molar-refractivity contribution is -0.148. The third-order valence-corrected chi connectivity index (χ3v) is 3.15. The second-order valence-corrected chi connectivity index (χ2v) is 5.64. The Morgan fingerprint density at radius 3 is 2.71 bits per heavy atom. The molecule has 1 atom stereocenters. The van der Waals surface area contributed by atoms with E-state index in [4.69, 9.17) is 4.74 Å². The summed E-state index contributed by atoms with van der Waals surface area (Å²) in [6, 6.07) is 0.161. The number of ether oxygens (including phenoxy) is 1. The van der Waals surface area contributed by atoms with Crippen LogP contribution < -0.4 is 0 Å². The van der Waals surface area contributed by atoms with Gasteiger partial charge in [-0.2, -0.15) is 0 Å². The van der Waals surface area contributed by atoms with Gasteiger partial charge >= 0.3 is 5.97 Å². The molecule has 0 aromatic carbocycles. The second-order valence-electron chi connectivity index (χ2n) is 5.64. The minimum atomic E-state index is -0.696. The molecule has 0 aromatic heterocycles. The molecule has 1 aliphatic heterocycles. The largest absolute Gasteiger partial charge is 0.463 e. The molecule has 0 radical (unpaired) electrons. The number of carbonyl (C=O) groups is 1. The quantitative estimate of drug-likeness (QED) is 0.745. The molecule has 1 rings (SSSR count). The molecule has 0 bridgehead atoms. The Balaban J connectivity index is 2.38. The first-order valence-electron chi connectivity index (χ1n) is 6.46. The number of hydrogen-bond donors (Lipinski definition) is 1. The van der Waals surface area contributed by atoms with Crippen molar-refractivity contribution in [1.29, 1.82) is 0 Å². The van der Waals surface area contributed by atoms with E-state index in [2.05, 4.69) is 4.90 Å². The second kappa shape index (κ2) is 5.83. The SMILES string of the molecule is CC(C)OC(=O)CCN1CCCC1C(C)(C)O. The fourth-order valence-electron chi connectivity index (χ4n) is 2.45. The van der Waals surface area contributed by atoms with Crippen LogP contribution in [0.25, 0.3) is 0 Å². The molecule has 1 fully saturated rings. The Hall–Kier alpha value is -0.610. The van der Waals surface area contributed by atoms with E-state index in [9.17, 15) is 9.90 Å². The smallest absolute Gasteiger partial charge is 0.307 e. The van der Waals surface area contributed by atoms with Crippen molar-refractivity contribution in [2.45, 2.75) is 64.7 Å². The monoisotopic (exact) mass is 243 g/mol. The molecule has 0 spiro atoms. The molecule has 100 valence electrons. The first-order valence-corrected chi connectivity index (χ1v) is 6.46. The van der Waals surface area contributed by atoms with Gasteiger partial charge in [0, 0.05) is 12.6 Å². The van der Waals surface area contributed by atoms with Gasteiger partial charge in [0.05, 0.1) is 18.1 Å². The lowest BCUT2D eigenvalue weighted by atomic mass is 9.96. The highest BCUT2D eigenvalue weighted by molar-refractivity contribution is 5.69. The van der Waals surface area contributed by atoms with Gasteiger partial charge < -0.3 is 9.84 Å². The molecule has 1 saturated heterocycles.